The van der Waals surface area contributed by atoms with Crippen LogP contribution in [0.25, 0.3) is 0 Å². The van der Waals surface area contributed by atoms with Gasteiger partial charge >= 0.3 is 0 Å². The minimum atomic E-state index is 0.715. The first-order chi connectivity index (χ1) is 7.69. The molecule has 96 valence electrons. The summed E-state index contributed by atoms with van der Waals surface area (Å²) in [6, 6.07) is 1.45. The monoisotopic (exact) mass is 244 g/mol. The van der Waals surface area contributed by atoms with Gasteiger partial charge in [-0.15, -0.1) is 0 Å². The molecule has 0 spiro atoms. The number of thioether (sulfide) groups is 1. The van der Waals surface area contributed by atoms with Gasteiger partial charge in [0.05, 0.1) is 0 Å². The Morgan fingerprint density at radius 2 is 2.00 bits per heavy atom. The zero-order valence-electron chi connectivity index (χ0n) is 11.3. The molecule has 1 saturated heterocycles. The lowest BCUT2D eigenvalue weighted by atomic mass is 10.1. The average molecular weight is 244 g/mol. The van der Waals surface area contributed by atoms with Crippen LogP contribution in [0.15, 0.2) is 0 Å². The average Bonchev–Trinajstić information content (AvgIpc) is 2.30. The minimum absolute atomic E-state index is 0.715. The van der Waals surface area contributed by atoms with Crippen LogP contribution in [0, 0.1) is 0 Å². The Morgan fingerprint density at radius 1 is 1.31 bits per heavy atom. The normalized spacial score (nSPS) is 27.6. The molecule has 2 nitrogen and oxygen atoms in total. The van der Waals surface area contributed by atoms with Crippen molar-refractivity contribution in [2.24, 2.45) is 0 Å². The molecule has 0 amide bonds. The van der Waals surface area contributed by atoms with E-state index >= 15 is 0 Å². The lowest BCUT2D eigenvalue weighted by Gasteiger charge is -2.37. The summed E-state index contributed by atoms with van der Waals surface area (Å²) in [4.78, 5) is 2.64. The number of hydrogen-bond donors (Lipinski definition) is 1. The number of rotatable bonds is 6. The molecule has 0 bridgehead atoms. The zero-order valence-corrected chi connectivity index (χ0v) is 12.1. The summed E-state index contributed by atoms with van der Waals surface area (Å²) in [6.07, 6.45) is 2.50. The third-order valence-corrected chi connectivity index (χ3v) is 5.17. The Bertz CT molecular complexity index is 183. The maximum absolute atomic E-state index is 3.65. The van der Waals surface area contributed by atoms with Crippen LogP contribution in [0.1, 0.15) is 40.5 Å². The van der Waals surface area contributed by atoms with Crippen molar-refractivity contribution in [3.8, 4) is 0 Å². The Balaban J connectivity index is 2.21. The predicted molar refractivity (Wildman–Crippen MR) is 75.3 cm³/mol. The molecule has 1 rings (SSSR count). The van der Waals surface area contributed by atoms with E-state index in [0.717, 1.165) is 17.8 Å². The molecule has 3 heteroatoms. The second-order valence-electron chi connectivity index (χ2n) is 4.82. The van der Waals surface area contributed by atoms with Crippen molar-refractivity contribution in [2.45, 2.75) is 57.9 Å². The highest BCUT2D eigenvalue weighted by Crippen LogP contribution is 2.23. The molecule has 2 unspecified atom stereocenters. The lowest BCUT2D eigenvalue weighted by molar-refractivity contribution is 0.210. The van der Waals surface area contributed by atoms with E-state index in [9.17, 15) is 0 Å². The fourth-order valence-corrected chi connectivity index (χ4v) is 3.46. The highest BCUT2D eigenvalue weighted by atomic mass is 32.2. The second-order valence-corrected chi connectivity index (χ2v) is 6.31. The van der Waals surface area contributed by atoms with Gasteiger partial charge in [0.25, 0.3) is 0 Å². The summed E-state index contributed by atoms with van der Waals surface area (Å²) >= 11 is 2.12. The summed E-state index contributed by atoms with van der Waals surface area (Å²) in [7, 11) is 0. The van der Waals surface area contributed by atoms with Crippen LogP contribution >= 0.6 is 11.8 Å². The molecule has 0 aliphatic carbocycles. The molecule has 1 aliphatic rings. The van der Waals surface area contributed by atoms with Gasteiger partial charge in [0.2, 0.25) is 0 Å². The van der Waals surface area contributed by atoms with Crippen LogP contribution in [0.5, 0.6) is 0 Å². The molecule has 1 heterocycles. The standard InChI is InChI=1S/C13H28N2S/c1-5-13(6-2)14-7-8-15-9-10-16-12(4)11(15)3/h11-14H,5-10H2,1-4H3. The maximum atomic E-state index is 3.65. The largest absolute Gasteiger partial charge is 0.313 e. The molecular weight excluding hydrogens is 216 g/mol. The van der Waals surface area contributed by atoms with E-state index in [1.807, 2.05) is 0 Å². The van der Waals surface area contributed by atoms with E-state index < -0.39 is 0 Å². The van der Waals surface area contributed by atoms with Crippen LogP contribution < -0.4 is 5.32 Å². The van der Waals surface area contributed by atoms with Gasteiger partial charge in [-0.05, 0) is 19.8 Å². The number of nitrogens with zero attached hydrogens (tertiary/aromatic N) is 1. The van der Waals surface area contributed by atoms with Crippen molar-refractivity contribution < 1.29 is 0 Å². The van der Waals surface area contributed by atoms with E-state index in [0.29, 0.717) is 6.04 Å². The third-order valence-electron chi connectivity index (χ3n) is 3.83. The van der Waals surface area contributed by atoms with Crippen molar-refractivity contribution in [3.63, 3.8) is 0 Å². The van der Waals surface area contributed by atoms with E-state index in [1.54, 1.807) is 0 Å². The number of hydrogen-bond acceptors (Lipinski definition) is 3. The van der Waals surface area contributed by atoms with E-state index in [2.05, 4.69) is 49.7 Å². The van der Waals surface area contributed by atoms with Crippen LogP contribution in [0.3, 0.4) is 0 Å². The van der Waals surface area contributed by atoms with Crippen LogP contribution in [0.4, 0.5) is 0 Å². The van der Waals surface area contributed by atoms with Gasteiger partial charge in [0.15, 0.2) is 0 Å². The summed E-state index contributed by atoms with van der Waals surface area (Å²) in [5.41, 5.74) is 0. The van der Waals surface area contributed by atoms with Gasteiger partial charge in [0, 0.05) is 42.7 Å². The predicted octanol–water partition coefficient (Wildman–Crippen LogP) is 2.59. The second kappa shape index (κ2) is 7.57. The smallest absolute Gasteiger partial charge is 0.0184 e. The quantitative estimate of drug-likeness (QED) is 0.773. The first-order valence-corrected chi connectivity index (χ1v) is 7.82. The molecule has 2 atom stereocenters. The summed E-state index contributed by atoms with van der Waals surface area (Å²) in [5.74, 6) is 1.30. The third kappa shape index (κ3) is 4.27. The Morgan fingerprint density at radius 3 is 2.62 bits per heavy atom. The molecule has 0 saturated carbocycles. The van der Waals surface area contributed by atoms with Gasteiger partial charge in [0.1, 0.15) is 0 Å². The number of nitrogens with one attached hydrogen (secondary N) is 1. The highest BCUT2D eigenvalue weighted by Gasteiger charge is 2.24. The van der Waals surface area contributed by atoms with Gasteiger partial charge in [-0.25, -0.2) is 0 Å². The molecule has 0 radical (unpaired) electrons. The van der Waals surface area contributed by atoms with Gasteiger partial charge in [-0.1, -0.05) is 20.8 Å². The first-order valence-electron chi connectivity index (χ1n) is 6.78. The molecule has 16 heavy (non-hydrogen) atoms. The Labute approximate surface area is 106 Å². The van der Waals surface area contributed by atoms with Gasteiger partial charge in [-0.3, -0.25) is 4.90 Å². The van der Waals surface area contributed by atoms with Crippen molar-refractivity contribution in [2.75, 3.05) is 25.4 Å². The van der Waals surface area contributed by atoms with Crippen molar-refractivity contribution >= 4 is 11.8 Å². The van der Waals surface area contributed by atoms with Crippen LogP contribution in [0.2, 0.25) is 0 Å². The fourth-order valence-electron chi connectivity index (χ4n) is 2.30. The van der Waals surface area contributed by atoms with Crippen molar-refractivity contribution in [1.82, 2.24) is 10.2 Å². The molecule has 1 N–H and O–H groups in total. The molecule has 0 aromatic carbocycles. The van der Waals surface area contributed by atoms with E-state index in [-0.39, 0.29) is 0 Å². The molecule has 0 aromatic heterocycles. The highest BCUT2D eigenvalue weighted by molar-refractivity contribution is 8.00. The molecular formula is C13H28N2S. The maximum Gasteiger partial charge on any atom is 0.0184 e. The fraction of sp³-hybridized carbons (Fsp3) is 1.00. The molecule has 1 aliphatic heterocycles. The molecule has 1 fully saturated rings. The van der Waals surface area contributed by atoms with Crippen LogP contribution in [-0.2, 0) is 0 Å². The van der Waals surface area contributed by atoms with Crippen molar-refractivity contribution in [1.29, 1.82) is 0 Å². The van der Waals surface area contributed by atoms with Crippen molar-refractivity contribution in [3.05, 3.63) is 0 Å². The Hall–Kier alpha value is 0.270. The first kappa shape index (κ1) is 14.3. The van der Waals surface area contributed by atoms with Gasteiger partial charge < -0.3 is 5.32 Å². The zero-order chi connectivity index (χ0) is 12.0. The minimum Gasteiger partial charge on any atom is -0.313 e. The SMILES string of the molecule is CCC(CC)NCCN1CCSC(C)C1C. The van der Waals surface area contributed by atoms with Crippen LogP contribution in [-0.4, -0.2) is 47.6 Å². The Kier molecular flexibility index (Phi) is 6.78. The lowest BCUT2D eigenvalue weighted by Crippen LogP contribution is -2.47. The topological polar surface area (TPSA) is 15.3 Å². The summed E-state index contributed by atoms with van der Waals surface area (Å²) in [6.45, 7) is 12.9. The molecule has 0 aromatic rings. The van der Waals surface area contributed by atoms with E-state index in [4.69, 9.17) is 0 Å². The van der Waals surface area contributed by atoms with Gasteiger partial charge in [-0.2, -0.15) is 11.8 Å². The van der Waals surface area contributed by atoms with E-state index in [1.165, 1.54) is 31.7 Å². The summed E-state index contributed by atoms with van der Waals surface area (Å²) in [5, 5.41) is 4.45. The summed E-state index contributed by atoms with van der Waals surface area (Å²) < 4.78 is 0.